The number of halogens is 1. The summed E-state index contributed by atoms with van der Waals surface area (Å²) in [4.78, 5) is 10.8. The van der Waals surface area contributed by atoms with Gasteiger partial charge in [0.25, 0.3) is 0 Å². The van der Waals surface area contributed by atoms with Gasteiger partial charge in [-0.15, -0.1) is 0 Å². The average molecular weight is 316 g/mol. The van der Waals surface area contributed by atoms with Crippen molar-refractivity contribution in [3.05, 3.63) is 21.7 Å². The average Bonchev–Trinajstić information content (AvgIpc) is 2.34. The van der Waals surface area contributed by atoms with Crippen molar-refractivity contribution < 1.29 is 19.4 Å². The summed E-state index contributed by atoms with van der Waals surface area (Å²) in [6.07, 6.45) is 0.248. The molecular weight excluding hydrogens is 302 g/mol. The molecule has 0 aromatic heterocycles. The molecule has 0 aliphatic carbocycles. The topological polar surface area (TPSA) is 81.8 Å². The van der Waals surface area contributed by atoms with Gasteiger partial charge in [-0.2, -0.15) is 0 Å². The van der Waals surface area contributed by atoms with E-state index < -0.39 is 12.0 Å². The van der Waals surface area contributed by atoms with E-state index in [0.717, 1.165) is 15.6 Å². The highest BCUT2D eigenvalue weighted by Crippen LogP contribution is 2.39. The highest BCUT2D eigenvalue weighted by molar-refractivity contribution is 9.10. The molecule has 1 heterocycles. The lowest BCUT2D eigenvalue weighted by Crippen LogP contribution is -2.32. The van der Waals surface area contributed by atoms with Crippen molar-refractivity contribution in [3.8, 4) is 11.5 Å². The number of benzene rings is 1. The normalized spacial score (nSPS) is 15.3. The van der Waals surface area contributed by atoms with E-state index in [1.807, 2.05) is 6.92 Å². The lowest BCUT2D eigenvalue weighted by molar-refractivity contribution is -0.138. The number of rotatable bonds is 3. The molecule has 1 aliphatic rings. The third-order valence-electron chi connectivity index (χ3n) is 2.89. The number of nitrogens with two attached hydrogens (primary N) is 1. The highest BCUT2D eigenvalue weighted by Gasteiger charge is 2.22. The molecule has 1 unspecified atom stereocenters. The van der Waals surface area contributed by atoms with Crippen LogP contribution in [0.2, 0.25) is 0 Å². The molecule has 6 heteroatoms. The molecule has 18 heavy (non-hydrogen) atoms. The number of hydrogen-bond donors (Lipinski definition) is 2. The highest BCUT2D eigenvalue weighted by atomic mass is 79.9. The van der Waals surface area contributed by atoms with E-state index in [2.05, 4.69) is 15.9 Å². The second-order valence-corrected chi connectivity index (χ2v) is 4.99. The lowest BCUT2D eigenvalue weighted by Gasteiger charge is -2.23. The number of carbonyl (C=O) groups is 1. The van der Waals surface area contributed by atoms with Crippen LogP contribution in [0, 0.1) is 6.92 Å². The standard InChI is InChI=1S/C12H14BrNO4/c1-6-7(4-9(14)12(15)16)8(13)5-10-11(6)18-3-2-17-10/h5,9H,2-4,14H2,1H3,(H,15,16). The zero-order valence-corrected chi connectivity index (χ0v) is 11.5. The van der Waals surface area contributed by atoms with Crippen LogP contribution in [-0.2, 0) is 11.2 Å². The predicted octanol–water partition coefficient (Wildman–Crippen LogP) is 1.48. The van der Waals surface area contributed by atoms with Crippen LogP contribution in [0.4, 0.5) is 0 Å². The quantitative estimate of drug-likeness (QED) is 0.883. The van der Waals surface area contributed by atoms with E-state index in [-0.39, 0.29) is 6.42 Å². The largest absolute Gasteiger partial charge is 0.486 e. The second-order valence-electron chi connectivity index (χ2n) is 4.13. The van der Waals surface area contributed by atoms with Gasteiger partial charge in [-0.05, 0) is 30.5 Å². The van der Waals surface area contributed by atoms with Crippen molar-refractivity contribution in [2.45, 2.75) is 19.4 Å². The van der Waals surface area contributed by atoms with E-state index >= 15 is 0 Å². The Morgan fingerprint density at radius 2 is 2.22 bits per heavy atom. The Bertz CT molecular complexity index is 489. The van der Waals surface area contributed by atoms with Crippen molar-refractivity contribution >= 4 is 21.9 Å². The molecule has 0 fully saturated rings. The smallest absolute Gasteiger partial charge is 0.320 e. The molecule has 98 valence electrons. The number of ether oxygens (including phenoxy) is 2. The Labute approximate surface area is 113 Å². The first-order valence-corrected chi connectivity index (χ1v) is 6.36. The number of carboxylic acids is 1. The molecule has 3 N–H and O–H groups in total. The van der Waals surface area contributed by atoms with Crippen molar-refractivity contribution in [3.63, 3.8) is 0 Å². The van der Waals surface area contributed by atoms with Crippen LogP contribution >= 0.6 is 15.9 Å². The summed E-state index contributed by atoms with van der Waals surface area (Å²) in [6, 6.07) is 0.869. The Balaban J connectivity index is 2.38. The minimum atomic E-state index is -1.02. The third kappa shape index (κ3) is 2.44. The van der Waals surface area contributed by atoms with Gasteiger partial charge in [0.05, 0.1) is 0 Å². The molecule has 0 amide bonds. The lowest BCUT2D eigenvalue weighted by atomic mass is 10.00. The Morgan fingerprint density at radius 3 is 2.89 bits per heavy atom. The Kier molecular flexibility index (Phi) is 3.77. The van der Waals surface area contributed by atoms with Gasteiger partial charge in [0, 0.05) is 4.47 Å². The molecule has 0 bridgehead atoms. The number of carboxylic acid groups (broad SMARTS) is 1. The van der Waals surface area contributed by atoms with Gasteiger partial charge >= 0.3 is 5.97 Å². The molecule has 0 radical (unpaired) electrons. The van der Waals surface area contributed by atoms with Crippen LogP contribution in [0.3, 0.4) is 0 Å². The predicted molar refractivity (Wildman–Crippen MR) is 69.2 cm³/mol. The molecule has 1 atom stereocenters. The van der Waals surface area contributed by atoms with E-state index in [0.29, 0.717) is 24.7 Å². The summed E-state index contributed by atoms with van der Waals surface area (Å²) >= 11 is 3.42. The number of fused-ring (bicyclic) bond motifs is 1. The molecule has 2 rings (SSSR count). The van der Waals surface area contributed by atoms with Crippen LogP contribution in [0.5, 0.6) is 11.5 Å². The van der Waals surface area contributed by atoms with Crippen molar-refractivity contribution in [1.82, 2.24) is 0 Å². The van der Waals surface area contributed by atoms with E-state index in [4.69, 9.17) is 20.3 Å². The fraction of sp³-hybridized carbons (Fsp3) is 0.417. The van der Waals surface area contributed by atoms with Crippen molar-refractivity contribution in [1.29, 1.82) is 0 Å². The SMILES string of the molecule is Cc1c(CC(N)C(=O)O)c(Br)cc2c1OCCO2. The van der Waals surface area contributed by atoms with Gasteiger partial charge in [-0.1, -0.05) is 15.9 Å². The monoisotopic (exact) mass is 315 g/mol. The molecule has 1 aliphatic heterocycles. The zero-order chi connectivity index (χ0) is 13.3. The molecular formula is C12H14BrNO4. The molecule has 0 saturated heterocycles. The summed E-state index contributed by atoms with van der Waals surface area (Å²) in [5.41, 5.74) is 7.28. The summed E-state index contributed by atoms with van der Waals surface area (Å²) in [6.45, 7) is 2.90. The minimum Gasteiger partial charge on any atom is -0.486 e. The van der Waals surface area contributed by atoms with Crippen molar-refractivity contribution in [2.24, 2.45) is 5.73 Å². The molecule has 1 aromatic carbocycles. The maximum absolute atomic E-state index is 10.8. The summed E-state index contributed by atoms with van der Waals surface area (Å²) in [5, 5.41) is 8.87. The van der Waals surface area contributed by atoms with Crippen LogP contribution in [-0.4, -0.2) is 30.3 Å². The van der Waals surface area contributed by atoms with Gasteiger partial charge < -0.3 is 20.3 Å². The maximum atomic E-state index is 10.8. The van der Waals surface area contributed by atoms with Gasteiger partial charge in [-0.3, -0.25) is 4.79 Å². The molecule has 1 aromatic rings. The molecule has 0 saturated carbocycles. The van der Waals surface area contributed by atoms with Gasteiger partial charge in [-0.25, -0.2) is 0 Å². The zero-order valence-electron chi connectivity index (χ0n) is 9.90. The second kappa shape index (κ2) is 5.16. The van der Waals surface area contributed by atoms with Gasteiger partial charge in [0.15, 0.2) is 11.5 Å². The fourth-order valence-electron chi connectivity index (χ4n) is 1.91. The van der Waals surface area contributed by atoms with Crippen LogP contribution in [0.1, 0.15) is 11.1 Å². The summed E-state index contributed by atoms with van der Waals surface area (Å²) < 4.78 is 11.8. The van der Waals surface area contributed by atoms with Gasteiger partial charge in [0.2, 0.25) is 0 Å². The Morgan fingerprint density at radius 1 is 1.56 bits per heavy atom. The first-order chi connectivity index (χ1) is 8.50. The van der Waals surface area contributed by atoms with E-state index in [1.165, 1.54) is 0 Å². The van der Waals surface area contributed by atoms with E-state index in [1.54, 1.807) is 6.07 Å². The molecule has 0 spiro atoms. The van der Waals surface area contributed by atoms with Crippen LogP contribution in [0.15, 0.2) is 10.5 Å². The first kappa shape index (κ1) is 13.2. The van der Waals surface area contributed by atoms with Gasteiger partial charge in [0.1, 0.15) is 19.3 Å². The minimum absolute atomic E-state index is 0.248. The van der Waals surface area contributed by atoms with Crippen LogP contribution in [0.25, 0.3) is 0 Å². The summed E-state index contributed by atoms with van der Waals surface area (Å²) in [5.74, 6) is 0.339. The van der Waals surface area contributed by atoms with Crippen molar-refractivity contribution in [2.75, 3.05) is 13.2 Å². The maximum Gasteiger partial charge on any atom is 0.320 e. The van der Waals surface area contributed by atoms with Crippen LogP contribution < -0.4 is 15.2 Å². The first-order valence-electron chi connectivity index (χ1n) is 5.56. The third-order valence-corrected chi connectivity index (χ3v) is 3.60. The number of hydrogen-bond acceptors (Lipinski definition) is 4. The molecule has 5 nitrogen and oxygen atoms in total. The van der Waals surface area contributed by atoms with E-state index in [9.17, 15) is 4.79 Å². The summed E-state index contributed by atoms with van der Waals surface area (Å²) in [7, 11) is 0. The number of aliphatic carboxylic acids is 1. The Hall–Kier alpha value is -1.27. The fourth-order valence-corrected chi connectivity index (χ4v) is 2.58.